The van der Waals surface area contributed by atoms with E-state index in [0.717, 1.165) is 41.6 Å². The number of carbonyl (C=O) groups excluding carboxylic acids is 3. The zero-order chi connectivity index (χ0) is 31.8. The molecule has 0 aliphatic carbocycles. The van der Waals surface area contributed by atoms with E-state index >= 15 is 0 Å². The van der Waals surface area contributed by atoms with Crippen LogP contribution in [0.15, 0.2) is 61.2 Å². The highest BCUT2D eigenvalue weighted by atomic mass is 35.5. The first-order valence-corrected chi connectivity index (χ1v) is 15.1. The zero-order valence-corrected chi connectivity index (χ0v) is 27.5. The van der Waals surface area contributed by atoms with Crippen molar-refractivity contribution in [3.63, 3.8) is 0 Å². The van der Waals surface area contributed by atoms with Crippen LogP contribution in [0.2, 0.25) is 0 Å². The Morgan fingerprint density at radius 2 is 1.12 bits per heavy atom. The molecule has 0 saturated carbocycles. The number of aromatic nitrogens is 2. The molecule has 7 heteroatoms. The smallest absolute Gasteiger partial charge is 0.219 e. The molecule has 0 spiro atoms. The number of hydrogen-bond donors (Lipinski definition) is 0. The summed E-state index contributed by atoms with van der Waals surface area (Å²) in [6.07, 6.45) is 8.27. The number of amides is 1. The third-order valence-corrected chi connectivity index (χ3v) is 5.61. The first-order chi connectivity index (χ1) is 19.7. The Morgan fingerprint density at radius 1 is 0.683 bits per heavy atom. The van der Waals surface area contributed by atoms with Crippen LogP contribution in [-0.4, -0.2) is 38.9 Å². The molecule has 3 aromatic rings. The van der Waals surface area contributed by atoms with Gasteiger partial charge in [0, 0.05) is 61.8 Å². The minimum Gasteiger partial charge on any atom is -0.339 e. The quantitative estimate of drug-likeness (QED) is 0.186. The van der Waals surface area contributed by atoms with Crippen molar-refractivity contribution in [1.82, 2.24) is 14.9 Å². The number of hydrogen-bond acceptors (Lipinski definition) is 5. The summed E-state index contributed by atoms with van der Waals surface area (Å²) in [5.41, 5.74) is 5.43. The molecule has 0 aliphatic rings. The number of carbonyl (C=O) groups is 3. The maximum atomic E-state index is 11.6. The van der Waals surface area contributed by atoms with Crippen LogP contribution >= 0.6 is 11.6 Å². The first-order valence-electron chi connectivity index (χ1n) is 14.5. The van der Waals surface area contributed by atoms with Crippen LogP contribution < -0.4 is 0 Å². The van der Waals surface area contributed by atoms with E-state index in [4.69, 9.17) is 11.6 Å². The highest BCUT2D eigenvalue weighted by Crippen LogP contribution is 2.13. The van der Waals surface area contributed by atoms with E-state index in [1.165, 1.54) is 6.92 Å². The molecule has 0 radical (unpaired) electrons. The Balaban J connectivity index is 0. The summed E-state index contributed by atoms with van der Waals surface area (Å²) in [4.78, 5) is 43.8. The number of ketones is 2. The van der Waals surface area contributed by atoms with Crippen molar-refractivity contribution in [3.8, 4) is 0 Å². The van der Waals surface area contributed by atoms with Gasteiger partial charge in [0.05, 0.1) is 0 Å². The lowest BCUT2D eigenvalue weighted by Crippen LogP contribution is -2.28. The van der Waals surface area contributed by atoms with Gasteiger partial charge in [-0.05, 0) is 61.1 Å². The summed E-state index contributed by atoms with van der Waals surface area (Å²) in [5, 5.41) is 0. The second kappa shape index (κ2) is 24.4. The molecule has 0 saturated heterocycles. The summed E-state index contributed by atoms with van der Waals surface area (Å²) in [7, 11) is 0. The van der Waals surface area contributed by atoms with E-state index in [1.807, 2.05) is 52.5 Å². The number of pyridine rings is 2. The SMILES string of the molecule is CC.CC.CC.CC(=O)c1cncc(CCl)c1.CCCN(Cc1ccc(Cc2cncc(C(C)=O)c2)cc1)C(C)=O. The van der Waals surface area contributed by atoms with Crippen molar-refractivity contribution in [1.29, 1.82) is 0 Å². The molecule has 1 amide bonds. The van der Waals surface area contributed by atoms with Gasteiger partial charge in [0.2, 0.25) is 5.91 Å². The number of Topliss-reactive ketones (excluding diaryl/α,β-unsaturated/α-hetero) is 2. The highest BCUT2D eigenvalue weighted by molar-refractivity contribution is 6.17. The maximum absolute atomic E-state index is 11.6. The van der Waals surface area contributed by atoms with Crippen molar-refractivity contribution in [2.24, 2.45) is 0 Å². The minimum absolute atomic E-state index is 0.0180. The topological polar surface area (TPSA) is 80.2 Å². The average Bonchev–Trinajstić information content (AvgIpc) is 3.01. The van der Waals surface area contributed by atoms with Crippen LogP contribution in [0.3, 0.4) is 0 Å². The Labute approximate surface area is 253 Å². The van der Waals surface area contributed by atoms with Crippen LogP contribution in [0.25, 0.3) is 0 Å². The molecule has 1 aromatic carbocycles. The van der Waals surface area contributed by atoms with Crippen molar-refractivity contribution in [2.75, 3.05) is 6.54 Å². The van der Waals surface area contributed by atoms with Gasteiger partial charge in [-0.3, -0.25) is 24.4 Å². The lowest BCUT2D eigenvalue weighted by Gasteiger charge is -2.20. The van der Waals surface area contributed by atoms with Gasteiger partial charge in [0.1, 0.15) is 0 Å². The van der Waals surface area contributed by atoms with E-state index in [-0.39, 0.29) is 17.5 Å². The third kappa shape index (κ3) is 16.5. The van der Waals surface area contributed by atoms with Crippen molar-refractivity contribution in [3.05, 3.63) is 94.6 Å². The molecule has 0 bridgehead atoms. The number of halogens is 1. The molecule has 3 rings (SSSR count). The monoisotopic (exact) mass is 583 g/mol. The van der Waals surface area contributed by atoms with Crippen molar-refractivity contribution in [2.45, 2.75) is 94.5 Å². The van der Waals surface area contributed by atoms with Gasteiger partial charge in [-0.25, -0.2) is 0 Å². The summed E-state index contributed by atoms with van der Waals surface area (Å²) in [6, 6.07) is 11.9. The van der Waals surface area contributed by atoms with E-state index < -0.39 is 0 Å². The molecule has 0 unspecified atom stereocenters. The number of benzene rings is 1. The second-order valence-corrected chi connectivity index (χ2v) is 8.61. The van der Waals surface area contributed by atoms with Gasteiger partial charge >= 0.3 is 0 Å². The van der Waals surface area contributed by atoms with E-state index in [9.17, 15) is 14.4 Å². The lowest BCUT2D eigenvalue weighted by molar-refractivity contribution is -0.129. The van der Waals surface area contributed by atoms with Gasteiger partial charge < -0.3 is 4.90 Å². The molecular formula is C34H50ClN3O3. The Morgan fingerprint density at radius 3 is 1.54 bits per heavy atom. The van der Waals surface area contributed by atoms with E-state index in [1.54, 1.807) is 44.7 Å². The fourth-order valence-electron chi connectivity index (χ4n) is 3.37. The molecule has 226 valence electrons. The molecular weight excluding hydrogens is 534 g/mol. The summed E-state index contributed by atoms with van der Waals surface area (Å²) >= 11 is 5.55. The zero-order valence-electron chi connectivity index (χ0n) is 26.8. The second-order valence-electron chi connectivity index (χ2n) is 8.34. The molecule has 41 heavy (non-hydrogen) atoms. The molecule has 0 atom stereocenters. The maximum Gasteiger partial charge on any atom is 0.219 e. The highest BCUT2D eigenvalue weighted by Gasteiger charge is 2.08. The number of rotatable bonds is 9. The fraction of sp³-hybridized carbons (Fsp3) is 0.441. The summed E-state index contributed by atoms with van der Waals surface area (Å²) in [6.45, 7) is 20.2. The standard InChI is InChI=1S/C20H24N2O2.C8H8ClNO.3C2H6/c1-4-9-22(16(3)24)14-18-7-5-17(6-8-18)10-19-11-20(15(2)23)13-21-12-19;1-6(11)8-2-7(3-9)4-10-5-8;3*1-2/h5-8,11-13H,4,9-10,14H2,1-3H3;2,4-5H,3H2,1H3;3*1-2H3. The van der Waals surface area contributed by atoms with Gasteiger partial charge in [0.25, 0.3) is 0 Å². The Hall–Kier alpha value is -3.38. The fourth-order valence-corrected chi connectivity index (χ4v) is 3.51. The number of nitrogens with zero attached hydrogens (tertiary/aromatic N) is 3. The predicted octanol–water partition coefficient (Wildman–Crippen LogP) is 8.74. The first kappa shape index (κ1) is 39.8. The van der Waals surface area contributed by atoms with Gasteiger partial charge in [-0.15, -0.1) is 11.6 Å². The lowest BCUT2D eigenvalue weighted by atomic mass is 10.0. The predicted molar refractivity (Wildman–Crippen MR) is 173 cm³/mol. The Kier molecular flexibility index (Phi) is 23.7. The Bertz CT molecular complexity index is 1150. The van der Waals surface area contributed by atoms with Crippen LogP contribution in [0.5, 0.6) is 0 Å². The summed E-state index contributed by atoms with van der Waals surface area (Å²) in [5.74, 6) is 0.547. The molecule has 0 fully saturated rings. The van der Waals surface area contributed by atoms with Gasteiger partial charge in [-0.1, -0.05) is 72.7 Å². The molecule has 2 heterocycles. The van der Waals surface area contributed by atoms with Crippen molar-refractivity contribution < 1.29 is 14.4 Å². The van der Waals surface area contributed by atoms with Crippen LogP contribution in [0.1, 0.15) is 119 Å². The van der Waals surface area contributed by atoms with Crippen LogP contribution in [0, 0.1) is 0 Å². The van der Waals surface area contributed by atoms with Crippen molar-refractivity contribution >= 4 is 29.1 Å². The molecule has 0 N–H and O–H groups in total. The van der Waals surface area contributed by atoms with Gasteiger partial charge in [0.15, 0.2) is 11.6 Å². The minimum atomic E-state index is 0.0180. The number of alkyl halides is 1. The molecule has 0 aliphatic heterocycles. The van der Waals surface area contributed by atoms with Crippen LogP contribution in [0.4, 0.5) is 0 Å². The molecule has 2 aromatic heterocycles. The summed E-state index contributed by atoms with van der Waals surface area (Å²) < 4.78 is 0. The van der Waals surface area contributed by atoms with E-state index in [2.05, 4.69) is 41.2 Å². The normalized spacial score (nSPS) is 9.15. The van der Waals surface area contributed by atoms with E-state index in [0.29, 0.717) is 23.6 Å². The van der Waals surface area contributed by atoms with Crippen LogP contribution in [-0.2, 0) is 23.6 Å². The molecule has 6 nitrogen and oxygen atoms in total. The average molecular weight is 584 g/mol. The largest absolute Gasteiger partial charge is 0.339 e. The van der Waals surface area contributed by atoms with Gasteiger partial charge in [-0.2, -0.15) is 0 Å². The third-order valence-electron chi connectivity index (χ3n) is 5.30.